The highest BCUT2D eigenvalue weighted by molar-refractivity contribution is 9.10. The van der Waals surface area contributed by atoms with E-state index in [4.69, 9.17) is 4.84 Å². The number of carboxylic acids is 1. The molecule has 0 aromatic heterocycles. The Bertz CT molecular complexity index is 1480. The number of carbonyl (C=O) groups is 1. The summed E-state index contributed by atoms with van der Waals surface area (Å²) in [5.74, 6) is -0.916. The van der Waals surface area contributed by atoms with Crippen LogP contribution in [-0.4, -0.2) is 38.4 Å². The Kier molecular flexibility index (Phi) is 8.70. The van der Waals surface area contributed by atoms with E-state index in [0.29, 0.717) is 24.6 Å². The summed E-state index contributed by atoms with van der Waals surface area (Å²) in [6.45, 7) is 7.48. The van der Waals surface area contributed by atoms with E-state index in [2.05, 4.69) is 58.7 Å². The zero-order valence-electron chi connectivity index (χ0n) is 23.3. The smallest absolute Gasteiger partial charge is 0.417 e. The second kappa shape index (κ2) is 11.3. The van der Waals surface area contributed by atoms with Gasteiger partial charge in [0.2, 0.25) is 10.0 Å². The zero-order chi connectivity index (χ0) is 30.4. The Balaban J connectivity index is 1.61. The van der Waals surface area contributed by atoms with Gasteiger partial charge in [-0.1, -0.05) is 60.4 Å². The number of oxime groups is 1. The standard InChI is InChI=1S/C29H34BrF3N2O5S/c1-17(2)18-14-19-21(15-22(18)30)27(3)10-7-11-28(4,26(36)37)25(27)16-23(19)35-40-13-12-34-41(38,39)24-9-6-5-8-20(24)29(31,32)33/h5-6,8-9,14-15,17,25,34H,7,10-13,16H2,1-4H3,(H,36,37)/b35-23+/t25-,27-,28-/m1/s1. The second-order valence-corrected chi connectivity index (χ2v) is 14.2. The number of sulfonamides is 1. The highest BCUT2D eigenvalue weighted by Gasteiger charge is 2.56. The van der Waals surface area contributed by atoms with Crippen molar-refractivity contribution in [2.75, 3.05) is 13.2 Å². The van der Waals surface area contributed by atoms with Gasteiger partial charge in [-0.05, 0) is 78.8 Å². The predicted octanol–water partition coefficient (Wildman–Crippen LogP) is 6.84. The van der Waals surface area contributed by atoms with Crippen LogP contribution in [0.4, 0.5) is 13.2 Å². The molecule has 0 spiro atoms. The third-order valence-electron chi connectivity index (χ3n) is 8.64. The van der Waals surface area contributed by atoms with E-state index in [1.165, 1.54) is 6.07 Å². The van der Waals surface area contributed by atoms with E-state index >= 15 is 0 Å². The van der Waals surface area contributed by atoms with Gasteiger partial charge in [0, 0.05) is 16.6 Å². The summed E-state index contributed by atoms with van der Waals surface area (Å²) in [5, 5.41) is 14.6. The number of aliphatic carboxylic acids is 1. The van der Waals surface area contributed by atoms with Crippen LogP contribution in [-0.2, 0) is 31.2 Å². The molecule has 2 aliphatic rings. The Labute approximate surface area is 246 Å². The summed E-state index contributed by atoms with van der Waals surface area (Å²) in [6.07, 6.45) is -2.32. The average molecular weight is 660 g/mol. The van der Waals surface area contributed by atoms with Gasteiger partial charge in [-0.25, -0.2) is 13.1 Å². The van der Waals surface area contributed by atoms with Gasteiger partial charge in [-0.15, -0.1) is 0 Å². The van der Waals surface area contributed by atoms with E-state index in [-0.39, 0.29) is 25.0 Å². The van der Waals surface area contributed by atoms with E-state index in [1.807, 2.05) is 0 Å². The molecule has 224 valence electrons. The molecule has 1 fully saturated rings. The topological polar surface area (TPSA) is 105 Å². The van der Waals surface area contributed by atoms with Crippen LogP contribution in [0.5, 0.6) is 0 Å². The van der Waals surface area contributed by atoms with Crippen LogP contribution in [0.15, 0.2) is 50.9 Å². The third kappa shape index (κ3) is 5.92. The van der Waals surface area contributed by atoms with Gasteiger partial charge in [-0.3, -0.25) is 4.79 Å². The second-order valence-electron chi connectivity index (χ2n) is 11.6. The molecule has 0 amide bonds. The number of hydrogen-bond donors (Lipinski definition) is 2. The lowest BCUT2D eigenvalue weighted by molar-refractivity contribution is -0.156. The van der Waals surface area contributed by atoms with Crippen molar-refractivity contribution >= 4 is 37.6 Å². The number of carboxylic acid groups (broad SMARTS) is 1. The van der Waals surface area contributed by atoms with Gasteiger partial charge in [0.25, 0.3) is 0 Å². The largest absolute Gasteiger partial charge is 0.481 e. The Morgan fingerprint density at radius 1 is 1.22 bits per heavy atom. The number of alkyl halides is 3. The molecular formula is C29H34BrF3N2O5S. The first-order chi connectivity index (χ1) is 19.0. The highest BCUT2D eigenvalue weighted by Crippen LogP contribution is 2.58. The number of nitrogens with one attached hydrogen (secondary N) is 1. The molecule has 0 radical (unpaired) electrons. The minimum Gasteiger partial charge on any atom is -0.481 e. The number of nitrogens with zero attached hydrogens (tertiary/aromatic N) is 1. The Morgan fingerprint density at radius 2 is 1.90 bits per heavy atom. The molecule has 2 N–H and O–H groups in total. The zero-order valence-corrected chi connectivity index (χ0v) is 25.7. The maximum Gasteiger partial charge on any atom is 0.417 e. The van der Waals surface area contributed by atoms with Crippen LogP contribution in [0.25, 0.3) is 0 Å². The number of benzene rings is 2. The molecule has 2 aromatic rings. The maximum absolute atomic E-state index is 13.3. The quantitative estimate of drug-likeness (QED) is 0.239. The van der Waals surface area contributed by atoms with Crippen molar-refractivity contribution in [3.63, 3.8) is 0 Å². The summed E-state index contributed by atoms with van der Waals surface area (Å²) >= 11 is 3.70. The lowest BCUT2D eigenvalue weighted by Crippen LogP contribution is -2.53. The van der Waals surface area contributed by atoms with E-state index in [0.717, 1.165) is 46.1 Å². The van der Waals surface area contributed by atoms with Crippen LogP contribution in [0.2, 0.25) is 0 Å². The SMILES string of the molecule is CC(C)c1cc2c(cc1Br)[C@@]1(C)CCC[C@@](C)(C(=O)O)[C@@H]1C/C2=N\OCCNS(=O)(=O)c1ccccc1C(F)(F)F. The summed E-state index contributed by atoms with van der Waals surface area (Å²) in [6, 6.07) is 8.07. The fourth-order valence-corrected chi connectivity index (χ4v) is 8.43. The molecular weight excluding hydrogens is 625 g/mol. The van der Waals surface area contributed by atoms with E-state index < -0.39 is 43.5 Å². The highest BCUT2D eigenvalue weighted by atomic mass is 79.9. The molecule has 41 heavy (non-hydrogen) atoms. The minimum atomic E-state index is -4.83. The van der Waals surface area contributed by atoms with Crippen molar-refractivity contribution in [1.82, 2.24) is 4.72 Å². The summed E-state index contributed by atoms with van der Waals surface area (Å²) in [5.41, 5.74) is 0.851. The Hall–Kier alpha value is -2.44. The first-order valence-electron chi connectivity index (χ1n) is 13.4. The molecule has 0 heterocycles. The molecule has 7 nitrogen and oxygen atoms in total. The molecule has 0 saturated heterocycles. The molecule has 4 rings (SSSR count). The normalized spacial score (nSPS) is 25.6. The number of rotatable bonds is 8. The fraction of sp³-hybridized carbons (Fsp3) is 0.517. The molecule has 2 aliphatic carbocycles. The molecule has 1 saturated carbocycles. The van der Waals surface area contributed by atoms with Crippen molar-refractivity contribution in [2.24, 2.45) is 16.5 Å². The van der Waals surface area contributed by atoms with Gasteiger partial charge >= 0.3 is 12.1 Å². The van der Waals surface area contributed by atoms with Crippen molar-refractivity contribution in [3.05, 3.63) is 63.1 Å². The van der Waals surface area contributed by atoms with Crippen molar-refractivity contribution in [3.8, 4) is 0 Å². The molecule has 12 heteroatoms. The van der Waals surface area contributed by atoms with Gasteiger partial charge < -0.3 is 9.94 Å². The monoisotopic (exact) mass is 658 g/mol. The van der Waals surface area contributed by atoms with Crippen LogP contribution < -0.4 is 4.72 Å². The van der Waals surface area contributed by atoms with Crippen LogP contribution >= 0.6 is 15.9 Å². The van der Waals surface area contributed by atoms with Crippen LogP contribution in [0.1, 0.15) is 81.5 Å². The predicted molar refractivity (Wildman–Crippen MR) is 152 cm³/mol. The first kappa shape index (κ1) is 31.5. The van der Waals surface area contributed by atoms with Crippen LogP contribution in [0, 0.1) is 11.3 Å². The Morgan fingerprint density at radius 3 is 2.54 bits per heavy atom. The molecule has 0 bridgehead atoms. The summed E-state index contributed by atoms with van der Waals surface area (Å²) < 4.78 is 68.3. The maximum atomic E-state index is 13.3. The minimum absolute atomic E-state index is 0.201. The number of halogens is 4. The van der Waals surface area contributed by atoms with Gasteiger partial charge in [0.15, 0.2) is 0 Å². The summed E-state index contributed by atoms with van der Waals surface area (Å²) in [4.78, 5) is 17.1. The van der Waals surface area contributed by atoms with E-state index in [1.54, 1.807) is 6.92 Å². The van der Waals surface area contributed by atoms with Gasteiger partial charge in [0.05, 0.1) is 21.6 Å². The van der Waals surface area contributed by atoms with Crippen molar-refractivity contribution in [1.29, 1.82) is 0 Å². The number of fused-ring (bicyclic) bond motifs is 3. The molecule has 0 aliphatic heterocycles. The van der Waals surface area contributed by atoms with Crippen molar-refractivity contribution in [2.45, 2.75) is 75.8 Å². The molecule has 3 atom stereocenters. The van der Waals surface area contributed by atoms with Gasteiger partial charge in [0.1, 0.15) is 6.61 Å². The third-order valence-corrected chi connectivity index (χ3v) is 10.8. The fourth-order valence-electron chi connectivity index (χ4n) is 6.39. The lowest BCUT2D eigenvalue weighted by atomic mass is 9.49. The molecule has 2 aromatic carbocycles. The van der Waals surface area contributed by atoms with E-state index in [9.17, 15) is 31.5 Å². The van der Waals surface area contributed by atoms with Gasteiger partial charge in [-0.2, -0.15) is 13.2 Å². The summed E-state index contributed by atoms with van der Waals surface area (Å²) in [7, 11) is -4.47. The average Bonchev–Trinajstić information content (AvgIpc) is 2.88. The lowest BCUT2D eigenvalue weighted by Gasteiger charge is -2.53. The number of hydrogen-bond acceptors (Lipinski definition) is 5. The first-order valence-corrected chi connectivity index (χ1v) is 15.7. The van der Waals surface area contributed by atoms with Crippen LogP contribution in [0.3, 0.4) is 0 Å². The molecule has 0 unspecified atom stereocenters. The van der Waals surface area contributed by atoms with Crippen molar-refractivity contribution < 1.29 is 36.3 Å².